The van der Waals surface area contributed by atoms with Gasteiger partial charge in [-0.15, -0.1) is 0 Å². The summed E-state index contributed by atoms with van der Waals surface area (Å²) < 4.78 is 5.57. The summed E-state index contributed by atoms with van der Waals surface area (Å²) in [5.41, 5.74) is 6.20. The van der Waals surface area contributed by atoms with Crippen LogP contribution in [0.2, 0.25) is 0 Å². The third-order valence-corrected chi connectivity index (χ3v) is 3.91. The fourth-order valence-corrected chi connectivity index (χ4v) is 2.43. The molecule has 6 N–H and O–H groups in total. The monoisotopic (exact) mass is 396 g/mol. The van der Waals surface area contributed by atoms with Gasteiger partial charge in [0, 0.05) is 6.54 Å². The maximum Gasteiger partial charge on any atom is 0.252 e. The number of phenolic OH excluding ortho intramolecular Hbond substituents is 2. The molecule has 1 atom stereocenters. The number of aromatic hydroxyl groups is 2. The van der Waals surface area contributed by atoms with E-state index in [0.717, 1.165) is 0 Å². The van der Waals surface area contributed by atoms with Gasteiger partial charge in [-0.25, -0.2) is 0 Å². The standard InChI is InChI=1S/C13H11NO2.C9H13NO3/c14-13(15)11-8-4-5-9-12(11)16-10-6-2-1-3-7-10;1-10-5-9(13)6-2-3-7(11)8(12)4-6/h1-9H,(H2,14,15);2-4,9-13H,5H2,1H3. The number of benzene rings is 3. The summed E-state index contributed by atoms with van der Waals surface area (Å²) in [4.78, 5) is 11.2. The number of hydrogen-bond donors (Lipinski definition) is 5. The van der Waals surface area contributed by atoms with Gasteiger partial charge in [0.15, 0.2) is 11.5 Å². The van der Waals surface area contributed by atoms with Crippen LogP contribution >= 0.6 is 0 Å². The van der Waals surface area contributed by atoms with Gasteiger partial charge in [-0.3, -0.25) is 4.79 Å². The topological polar surface area (TPSA) is 125 Å². The van der Waals surface area contributed by atoms with E-state index in [-0.39, 0.29) is 11.5 Å². The quantitative estimate of drug-likeness (QED) is 0.408. The first-order chi connectivity index (χ1) is 13.9. The van der Waals surface area contributed by atoms with Gasteiger partial charge in [0.05, 0.1) is 11.7 Å². The summed E-state index contributed by atoms with van der Waals surface area (Å²) in [7, 11) is 1.73. The maximum atomic E-state index is 11.2. The normalized spacial score (nSPS) is 11.1. The first-order valence-electron chi connectivity index (χ1n) is 8.88. The van der Waals surface area contributed by atoms with E-state index in [1.807, 2.05) is 30.3 Å². The average Bonchev–Trinajstić information content (AvgIpc) is 2.72. The van der Waals surface area contributed by atoms with Crippen LogP contribution in [0.1, 0.15) is 22.0 Å². The Morgan fingerprint density at radius 3 is 2.28 bits per heavy atom. The number of carbonyl (C=O) groups is 1. The van der Waals surface area contributed by atoms with Crippen molar-refractivity contribution in [1.82, 2.24) is 5.32 Å². The van der Waals surface area contributed by atoms with Gasteiger partial charge in [0.25, 0.3) is 5.91 Å². The molecule has 0 heterocycles. The molecule has 1 unspecified atom stereocenters. The molecule has 0 aliphatic rings. The van der Waals surface area contributed by atoms with E-state index in [9.17, 15) is 9.90 Å². The molecule has 0 fully saturated rings. The number of phenols is 2. The highest BCUT2D eigenvalue weighted by atomic mass is 16.5. The van der Waals surface area contributed by atoms with Crippen LogP contribution in [0.15, 0.2) is 72.8 Å². The second-order valence-corrected chi connectivity index (χ2v) is 6.10. The molecule has 29 heavy (non-hydrogen) atoms. The van der Waals surface area contributed by atoms with Crippen LogP contribution in [0.25, 0.3) is 0 Å². The number of ether oxygens (including phenoxy) is 1. The zero-order valence-corrected chi connectivity index (χ0v) is 15.9. The number of para-hydroxylation sites is 2. The third kappa shape index (κ3) is 6.53. The highest BCUT2D eigenvalue weighted by molar-refractivity contribution is 5.95. The molecule has 7 heteroatoms. The molecule has 3 rings (SSSR count). The number of carbonyl (C=O) groups excluding carboxylic acids is 1. The molecule has 0 aliphatic carbocycles. The van der Waals surface area contributed by atoms with Crippen LogP contribution in [-0.2, 0) is 0 Å². The van der Waals surface area contributed by atoms with Gasteiger partial charge in [-0.2, -0.15) is 0 Å². The van der Waals surface area contributed by atoms with Crippen LogP contribution in [-0.4, -0.2) is 34.8 Å². The number of amides is 1. The lowest BCUT2D eigenvalue weighted by Crippen LogP contribution is -2.16. The Kier molecular flexibility index (Phi) is 8.02. The second-order valence-electron chi connectivity index (χ2n) is 6.10. The Morgan fingerprint density at radius 1 is 1.00 bits per heavy atom. The number of hydrogen-bond acceptors (Lipinski definition) is 6. The van der Waals surface area contributed by atoms with Gasteiger partial charge in [0.2, 0.25) is 0 Å². The molecule has 1 amide bonds. The molecule has 0 aromatic heterocycles. The van der Waals surface area contributed by atoms with E-state index >= 15 is 0 Å². The largest absolute Gasteiger partial charge is 0.504 e. The molecule has 0 saturated carbocycles. The maximum absolute atomic E-state index is 11.2. The third-order valence-electron chi connectivity index (χ3n) is 3.91. The van der Waals surface area contributed by atoms with E-state index in [1.54, 1.807) is 37.4 Å². The Hall–Kier alpha value is -3.55. The van der Waals surface area contributed by atoms with Crippen LogP contribution in [0.4, 0.5) is 0 Å². The number of rotatable bonds is 6. The number of aliphatic hydroxyl groups is 1. The number of aliphatic hydroxyl groups excluding tert-OH is 1. The number of nitrogens with one attached hydrogen (secondary N) is 1. The summed E-state index contributed by atoms with van der Waals surface area (Å²) >= 11 is 0. The molecule has 3 aromatic carbocycles. The fourth-order valence-electron chi connectivity index (χ4n) is 2.43. The Bertz CT molecular complexity index is 931. The van der Waals surface area contributed by atoms with Crippen molar-refractivity contribution < 1.29 is 24.9 Å². The number of nitrogens with two attached hydrogens (primary N) is 1. The molecule has 0 radical (unpaired) electrons. The van der Waals surface area contributed by atoms with E-state index in [1.165, 1.54) is 12.1 Å². The van der Waals surface area contributed by atoms with Crippen molar-refractivity contribution in [2.45, 2.75) is 6.10 Å². The minimum Gasteiger partial charge on any atom is -0.504 e. The van der Waals surface area contributed by atoms with Crippen molar-refractivity contribution in [2.24, 2.45) is 5.73 Å². The molecule has 0 saturated heterocycles. The van der Waals surface area contributed by atoms with E-state index in [0.29, 0.717) is 29.2 Å². The predicted octanol–water partition coefficient (Wildman–Crippen LogP) is 2.93. The van der Waals surface area contributed by atoms with E-state index < -0.39 is 12.0 Å². The predicted molar refractivity (Wildman–Crippen MR) is 110 cm³/mol. The van der Waals surface area contributed by atoms with Crippen molar-refractivity contribution in [1.29, 1.82) is 0 Å². The van der Waals surface area contributed by atoms with Gasteiger partial charge in [-0.1, -0.05) is 36.4 Å². The first kappa shape index (κ1) is 21.7. The highest BCUT2D eigenvalue weighted by Gasteiger charge is 2.09. The molecule has 7 nitrogen and oxygen atoms in total. The van der Waals surface area contributed by atoms with Crippen molar-refractivity contribution in [2.75, 3.05) is 13.6 Å². The van der Waals surface area contributed by atoms with E-state index in [4.69, 9.17) is 20.7 Å². The summed E-state index contributed by atoms with van der Waals surface area (Å²) in [6, 6.07) is 20.4. The SMILES string of the molecule is CNCC(O)c1ccc(O)c(O)c1.NC(=O)c1ccccc1Oc1ccccc1. The lowest BCUT2D eigenvalue weighted by atomic mass is 10.1. The molecule has 0 bridgehead atoms. The van der Waals surface area contributed by atoms with Gasteiger partial charge in [-0.05, 0) is 49.0 Å². The minimum atomic E-state index is -0.670. The van der Waals surface area contributed by atoms with Crippen LogP contribution in [0.5, 0.6) is 23.0 Å². The first-order valence-corrected chi connectivity index (χ1v) is 8.88. The van der Waals surface area contributed by atoms with Crippen molar-refractivity contribution >= 4 is 5.91 Å². The van der Waals surface area contributed by atoms with Crippen molar-refractivity contribution in [3.05, 3.63) is 83.9 Å². The van der Waals surface area contributed by atoms with Crippen LogP contribution in [0, 0.1) is 0 Å². The lowest BCUT2D eigenvalue weighted by molar-refractivity contribution is 0.0998. The van der Waals surface area contributed by atoms with Crippen molar-refractivity contribution in [3.8, 4) is 23.0 Å². The molecular weight excluding hydrogens is 372 g/mol. The van der Waals surface area contributed by atoms with Crippen molar-refractivity contribution in [3.63, 3.8) is 0 Å². The van der Waals surface area contributed by atoms with Gasteiger partial charge in [0.1, 0.15) is 11.5 Å². The summed E-state index contributed by atoms with van der Waals surface area (Å²) in [5.74, 6) is 0.261. The van der Waals surface area contributed by atoms with E-state index in [2.05, 4.69) is 5.32 Å². The molecule has 3 aromatic rings. The van der Waals surface area contributed by atoms with Gasteiger partial charge >= 0.3 is 0 Å². The Balaban J connectivity index is 0.000000212. The Labute approximate surface area is 169 Å². The smallest absolute Gasteiger partial charge is 0.252 e. The Morgan fingerprint density at radius 2 is 1.66 bits per heavy atom. The average molecular weight is 396 g/mol. The van der Waals surface area contributed by atoms with Gasteiger partial charge < -0.3 is 31.1 Å². The number of primary amides is 1. The highest BCUT2D eigenvalue weighted by Crippen LogP contribution is 2.27. The molecule has 152 valence electrons. The summed E-state index contributed by atoms with van der Waals surface area (Å²) in [5, 5.41) is 30.4. The lowest BCUT2D eigenvalue weighted by Gasteiger charge is -2.10. The second kappa shape index (κ2) is 10.7. The number of likely N-dealkylation sites (N-methyl/N-ethyl adjacent to an activating group) is 1. The van der Waals surface area contributed by atoms with Crippen LogP contribution < -0.4 is 15.8 Å². The minimum absolute atomic E-state index is 0.180. The zero-order valence-electron chi connectivity index (χ0n) is 15.9. The summed E-state index contributed by atoms with van der Waals surface area (Å²) in [6.45, 7) is 0.407. The fraction of sp³-hybridized carbons (Fsp3) is 0.136. The summed E-state index contributed by atoms with van der Waals surface area (Å²) in [6.07, 6.45) is -0.670. The molecule has 0 spiro atoms. The zero-order chi connectivity index (χ0) is 21.2. The molecular formula is C22H24N2O5. The van der Waals surface area contributed by atoms with Crippen LogP contribution in [0.3, 0.4) is 0 Å². The molecule has 0 aliphatic heterocycles.